The SMILES string of the molecule is COc1ccccc1CN1C(=O)C(SCc2ccccc2)=C(c2ccc(F)cc2)C1=O. The molecule has 1 aliphatic heterocycles. The summed E-state index contributed by atoms with van der Waals surface area (Å²) in [6.07, 6.45) is 0. The molecular weight excluding hydrogens is 413 g/mol. The fraction of sp³-hybridized carbons (Fsp3) is 0.120. The maximum absolute atomic E-state index is 13.5. The van der Waals surface area contributed by atoms with E-state index >= 15 is 0 Å². The van der Waals surface area contributed by atoms with Crippen molar-refractivity contribution in [1.82, 2.24) is 4.90 Å². The normalized spacial score (nSPS) is 13.8. The zero-order chi connectivity index (χ0) is 21.8. The molecule has 0 aliphatic carbocycles. The van der Waals surface area contributed by atoms with Crippen LogP contribution in [0, 0.1) is 5.82 Å². The van der Waals surface area contributed by atoms with Crippen LogP contribution in [0.3, 0.4) is 0 Å². The molecule has 0 N–H and O–H groups in total. The number of thioether (sulfide) groups is 1. The van der Waals surface area contributed by atoms with Crippen molar-refractivity contribution < 1.29 is 18.7 Å². The van der Waals surface area contributed by atoms with E-state index in [0.717, 1.165) is 11.1 Å². The minimum absolute atomic E-state index is 0.0990. The highest BCUT2D eigenvalue weighted by molar-refractivity contribution is 8.03. The minimum Gasteiger partial charge on any atom is -0.496 e. The number of carbonyl (C=O) groups is 2. The quantitative estimate of drug-likeness (QED) is 0.490. The van der Waals surface area contributed by atoms with E-state index < -0.39 is 11.7 Å². The molecule has 1 aliphatic rings. The van der Waals surface area contributed by atoms with Gasteiger partial charge in [0.15, 0.2) is 0 Å². The van der Waals surface area contributed by atoms with Gasteiger partial charge in [-0.2, -0.15) is 0 Å². The van der Waals surface area contributed by atoms with Crippen LogP contribution in [-0.2, 0) is 21.9 Å². The second-order valence-corrected chi connectivity index (χ2v) is 7.98. The lowest BCUT2D eigenvalue weighted by Gasteiger charge is -2.17. The Morgan fingerprint density at radius 1 is 0.871 bits per heavy atom. The van der Waals surface area contributed by atoms with Crippen molar-refractivity contribution in [1.29, 1.82) is 0 Å². The number of benzene rings is 3. The third kappa shape index (κ3) is 4.39. The van der Waals surface area contributed by atoms with Crippen molar-refractivity contribution in [3.8, 4) is 5.75 Å². The molecule has 0 unspecified atom stereocenters. The first kappa shape index (κ1) is 20.9. The number of hydrogen-bond acceptors (Lipinski definition) is 4. The third-order valence-electron chi connectivity index (χ3n) is 5.01. The van der Waals surface area contributed by atoms with Gasteiger partial charge >= 0.3 is 0 Å². The highest BCUT2D eigenvalue weighted by atomic mass is 32.2. The minimum atomic E-state index is -0.398. The summed E-state index contributed by atoms with van der Waals surface area (Å²) >= 11 is 1.32. The standard InChI is InChI=1S/C25H20FNO3S/c1-30-21-10-6-5-9-19(21)15-27-24(28)22(18-11-13-20(26)14-12-18)23(25(27)29)31-16-17-7-3-2-4-8-17/h2-14H,15-16H2,1H3. The summed E-state index contributed by atoms with van der Waals surface area (Å²) in [7, 11) is 1.55. The number of para-hydroxylation sites is 1. The fourth-order valence-corrected chi connectivity index (χ4v) is 4.52. The Morgan fingerprint density at radius 2 is 1.55 bits per heavy atom. The molecule has 156 valence electrons. The lowest BCUT2D eigenvalue weighted by Crippen LogP contribution is -2.31. The van der Waals surface area contributed by atoms with Gasteiger partial charge in [0, 0.05) is 11.3 Å². The first-order valence-corrected chi connectivity index (χ1v) is 10.7. The highest BCUT2D eigenvalue weighted by Gasteiger charge is 2.39. The largest absolute Gasteiger partial charge is 0.496 e. The Labute approximate surface area is 184 Å². The van der Waals surface area contributed by atoms with Crippen molar-refractivity contribution in [3.05, 3.63) is 106 Å². The average Bonchev–Trinajstić information content (AvgIpc) is 3.03. The van der Waals surface area contributed by atoms with E-state index in [2.05, 4.69) is 0 Å². The molecule has 0 atom stereocenters. The monoisotopic (exact) mass is 433 g/mol. The van der Waals surface area contributed by atoms with Crippen molar-refractivity contribution >= 4 is 29.1 Å². The van der Waals surface area contributed by atoms with Crippen LogP contribution in [0.1, 0.15) is 16.7 Å². The number of amides is 2. The van der Waals surface area contributed by atoms with Crippen LogP contribution in [0.2, 0.25) is 0 Å². The Balaban J connectivity index is 1.68. The predicted molar refractivity (Wildman–Crippen MR) is 120 cm³/mol. The number of imide groups is 1. The van der Waals surface area contributed by atoms with Crippen LogP contribution in [0.5, 0.6) is 5.75 Å². The molecule has 2 amide bonds. The topological polar surface area (TPSA) is 46.6 Å². The molecule has 0 aromatic heterocycles. The number of nitrogens with zero attached hydrogens (tertiary/aromatic N) is 1. The Morgan fingerprint density at radius 3 is 2.26 bits per heavy atom. The number of methoxy groups -OCH3 is 1. The van der Waals surface area contributed by atoms with Crippen molar-refractivity contribution in [2.75, 3.05) is 7.11 Å². The van der Waals surface area contributed by atoms with Gasteiger partial charge in [-0.15, -0.1) is 11.8 Å². The number of rotatable bonds is 7. The number of ether oxygens (including phenoxy) is 1. The van der Waals surface area contributed by atoms with E-state index in [4.69, 9.17) is 4.74 Å². The predicted octanol–water partition coefficient (Wildman–Crippen LogP) is 5.05. The van der Waals surface area contributed by atoms with Gasteiger partial charge in [-0.05, 0) is 29.3 Å². The lowest BCUT2D eigenvalue weighted by atomic mass is 10.1. The zero-order valence-electron chi connectivity index (χ0n) is 16.9. The maximum Gasteiger partial charge on any atom is 0.268 e. The maximum atomic E-state index is 13.5. The molecule has 4 rings (SSSR count). The average molecular weight is 434 g/mol. The van der Waals surface area contributed by atoms with E-state index in [1.165, 1.54) is 40.9 Å². The molecule has 31 heavy (non-hydrogen) atoms. The van der Waals surface area contributed by atoms with Gasteiger partial charge in [0.25, 0.3) is 11.8 Å². The van der Waals surface area contributed by atoms with Gasteiger partial charge in [-0.25, -0.2) is 4.39 Å². The van der Waals surface area contributed by atoms with Crippen molar-refractivity contribution in [2.45, 2.75) is 12.3 Å². The molecule has 0 fully saturated rings. The molecule has 0 saturated carbocycles. The Hall–Kier alpha value is -3.38. The van der Waals surface area contributed by atoms with E-state index in [9.17, 15) is 14.0 Å². The van der Waals surface area contributed by atoms with Crippen LogP contribution in [0.15, 0.2) is 83.8 Å². The van der Waals surface area contributed by atoms with Gasteiger partial charge in [0.05, 0.1) is 24.1 Å². The van der Waals surface area contributed by atoms with Gasteiger partial charge in [0.2, 0.25) is 0 Å². The number of hydrogen-bond donors (Lipinski definition) is 0. The molecule has 4 nitrogen and oxygen atoms in total. The lowest BCUT2D eigenvalue weighted by molar-refractivity contribution is -0.137. The summed E-state index contributed by atoms with van der Waals surface area (Å²) in [5.74, 6) is 0.0131. The van der Waals surface area contributed by atoms with Gasteiger partial charge in [-0.3, -0.25) is 14.5 Å². The van der Waals surface area contributed by atoms with Crippen LogP contribution in [0.25, 0.3) is 5.57 Å². The summed E-state index contributed by atoms with van der Waals surface area (Å²) in [4.78, 5) is 28.2. The molecule has 3 aromatic carbocycles. The molecule has 0 spiro atoms. The molecule has 0 radical (unpaired) electrons. The summed E-state index contributed by atoms with van der Waals surface area (Å²) in [6.45, 7) is 0.0990. The van der Waals surface area contributed by atoms with Crippen molar-refractivity contribution in [2.24, 2.45) is 0 Å². The molecule has 0 saturated heterocycles. The molecule has 0 bridgehead atoms. The van der Waals surface area contributed by atoms with E-state index in [1.54, 1.807) is 13.2 Å². The second-order valence-electron chi connectivity index (χ2n) is 6.99. The van der Waals surface area contributed by atoms with Crippen LogP contribution in [0.4, 0.5) is 4.39 Å². The summed E-state index contributed by atoms with van der Waals surface area (Å²) in [5.41, 5.74) is 2.61. The summed E-state index contributed by atoms with van der Waals surface area (Å²) in [5, 5.41) is 0. The first-order chi connectivity index (χ1) is 15.1. The summed E-state index contributed by atoms with van der Waals surface area (Å²) < 4.78 is 18.8. The summed E-state index contributed by atoms with van der Waals surface area (Å²) in [6, 6.07) is 22.7. The van der Waals surface area contributed by atoms with Crippen LogP contribution >= 0.6 is 11.8 Å². The Bertz CT molecular complexity index is 1140. The first-order valence-electron chi connectivity index (χ1n) is 9.73. The van der Waals surface area contributed by atoms with E-state index in [0.29, 0.717) is 27.5 Å². The molecular formula is C25H20FNO3S. The van der Waals surface area contributed by atoms with Crippen LogP contribution < -0.4 is 4.74 Å². The molecule has 6 heteroatoms. The number of halogens is 1. The number of carbonyl (C=O) groups excluding carboxylic acids is 2. The van der Waals surface area contributed by atoms with Gasteiger partial charge < -0.3 is 4.74 Å². The smallest absolute Gasteiger partial charge is 0.268 e. The van der Waals surface area contributed by atoms with Gasteiger partial charge in [0.1, 0.15) is 11.6 Å². The fourth-order valence-electron chi connectivity index (χ4n) is 3.44. The Kier molecular flexibility index (Phi) is 6.18. The molecule has 3 aromatic rings. The third-order valence-corrected chi connectivity index (χ3v) is 6.15. The van der Waals surface area contributed by atoms with Crippen molar-refractivity contribution in [3.63, 3.8) is 0 Å². The molecule has 1 heterocycles. The second kappa shape index (κ2) is 9.18. The highest BCUT2D eigenvalue weighted by Crippen LogP contribution is 2.38. The van der Waals surface area contributed by atoms with Crippen LogP contribution in [-0.4, -0.2) is 23.8 Å². The zero-order valence-corrected chi connectivity index (χ0v) is 17.7. The van der Waals surface area contributed by atoms with E-state index in [-0.39, 0.29) is 12.5 Å². The van der Waals surface area contributed by atoms with E-state index in [1.807, 2.05) is 48.5 Å². The van der Waals surface area contributed by atoms with Gasteiger partial charge in [-0.1, -0.05) is 60.7 Å².